The number of ether oxygens (including phenoxy) is 1. The lowest BCUT2D eigenvalue weighted by Gasteiger charge is -2.07. The van der Waals surface area contributed by atoms with Crippen LogP contribution in [-0.4, -0.2) is 17.3 Å². The molecule has 16 heavy (non-hydrogen) atoms. The Morgan fingerprint density at radius 1 is 1.38 bits per heavy atom. The average Bonchev–Trinajstić information content (AvgIpc) is 2.35. The number of nitrogens with zero attached hydrogens (tertiary/aromatic N) is 1. The highest BCUT2D eigenvalue weighted by atomic mass is 32.1. The van der Waals surface area contributed by atoms with Crippen molar-refractivity contribution in [1.82, 2.24) is 4.98 Å². The van der Waals surface area contributed by atoms with Crippen LogP contribution in [0.3, 0.4) is 0 Å². The van der Waals surface area contributed by atoms with E-state index in [2.05, 4.69) is 24.2 Å². The van der Waals surface area contributed by atoms with Crippen LogP contribution in [0.2, 0.25) is 0 Å². The van der Waals surface area contributed by atoms with Crippen LogP contribution in [0.5, 0.6) is 5.75 Å². The molecule has 0 saturated carbocycles. The van der Waals surface area contributed by atoms with Crippen molar-refractivity contribution in [2.45, 2.75) is 0 Å². The van der Waals surface area contributed by atoms with Gasteiger partial charge in [-0.05, 0) is 17.7 Å². The van der Waals surface area contributed by atoms with Gasteiger partial charge < -0.3 is 4.74 Å². The van der Waals surface area contributed by atoms with Gasteiger partial charge in [-0.25, -0.2) is 0 Å². The summed E-state index contributed by atoms with van der Waals surface area (Å²) in [6.07, 6.45) is 1.73. The molecule has 0 spiro atoms. The first-order valence-corrected chi connectivity index (χ1v) is 5.68. The van der Waals surface area contributed by atoms with Crippen molar-refractivity contribution in [3.63, 3.8) is 0 Å². The van der Waals surface area contributed by atoms with Crippen molar-refractivity contribution < 1.29 is 4.74 Å². The van der Waals surface area contributed by atoms with E-state index < -0.39 is 0 Å². The van der Waals surface area contributed by atoms with Crippen LogP contribution in [0.1, 0.15) is 0 Å². The topological polar surface area (TPSA) is 22.1 Å². The van der Waals surface area contributed by atoms with E-state index in [1.807, 2.05) is 30.3 Å². The summed E-state index contributed by atoms with van der Waals surface area (Å²) in [5.41, 5.74) is 1.93. The number of aromatic nitrogens is 1. The molecule has 0 aliphatic rings. The van der Waals surface area contributed by atoms with E-state index in [-0.39, 0.29) is 0 Å². The van der Waals surface area contributed by atoms with E-state index in [1.165, 1.54) is 0 Å². The summed E-state index contributed by atoms with van der Waals surface area (Å²) in [6.45, 7) is 4.32. The smallest absolute Gasteiger partial charge is 0.138 e. The van der Waals surface area contributed by atoms with E-state index in [9.17, 15) is 0 Å². The summed E-state index contributed by atoms with van der Waals surface area (Å²) in [6, 6.07) is 9.93. The summed E-state index contributed by atoms with van der Waals surface area (Å²) in [5, 5.41) is 1.08. The summed E-state index contributed by atoms with van der Waals surface area (Å²) in [4.78, 5) is 4.31. The Hall–Kier alpha value is -1.48. The number of hydrogen-bond donors (Lipinski definition) is 1. The lowest BCUT2D eigenvalue weighted by Crippen LogP contribution is -2.01. The Bertz CT molecular complexity index is 510. The predicted octanol–water partition coefficient (Wildman–Crippen LogP) is 3.10. The number of rotatable bonds is 4. The second-order valence-electron chi connectivity index (χ2n) is 3.56. The highest BCUT2D eigenvalue weighted by Crippen LogP contribution is 2.18. The van der Waals surface area contributed by atoms with Gasteiger partial charge in [-0.2, -0.15) is 12.6 Å². The predicted molar refractivity (Wildman–Crippen MR) is 70.2 cm³/mol. The van der Waals surface area contributed by atoms with E-state index in [0.717, 1.165) is 22.2 Å². The SMILES string of the molecule is C=C(CS)COc1cnc2ccccc2c1. The van der Waals surface area contributed by atoms with Gasteiger partial charge in [-0.1, -0.05) is 24.8 Å². The molecule has 1 aromatic heterocycles. The largest absolute Gasteiger partial charge is 0.488 e. The molecular formula is C13H13NOS. The van der Waals surface area contributed by atoms with Crippen molar-refractivity contribution >= 4 is 23.5 Å². The van der Waals surface area contributed by atoms with Crippen molar-refractivity contribution in [2.24, 2.45) is 0 Å². The van der Waals surface area contributed by atoms with Gasteiger partial charge in [0.15, 0.2) is 0 Å². The van der Waals surface area contributed by atoms with Gasteiger partial charge in [0, 0.05) is 11.1 Å². The van der Waals surface area contributed by atoms with Crippen molar-refractivity contribution in [3.05, 3.63) is 48.7 Å². The highest BCUT2D eigenvalue weighted by molar-refractivity contribution is 7.80. The zero-order valence-electron chi connectivity index (χ0n) is 8.89. The Balaban J connectivity index is 2.16. The standard InChI is InChI=1S/C13H13NOS/c1-10(9-16)8-15-12-6-11-4-2-3-5-13(11)14-7-12/h2-7,16H,1,8-9H2. The molecular weight excluding hydrogens is 218 g/mol. The molecule has 2 rings (SSSR count). The Morgan fingerprint density at radius 2 is 2.19 bits per heavy atom. The van der Waals surface area contributed by atoms with Crippen LogP contribution in [0.15, 0.2) is 48.7 Å². The van der Waals surface area contributed by atoms with Gasteiger partial charge in [-0.3, -0.25) is 4.98 Å². The molecule has 0 atom stereocenters. The van der Waals surface area contributed by atoms with Gasteiger partial charge in [0.1, 0.15) is 12.4 Å². The number of pyridine rings is 1. The molecule has 0 aliphatic carbocycles. The lowest BCUT2D eigenvalue weighted by molar-refractivity contribution is 0.352. The van der Waals surface area contributed by atoms with Crippen molar-refractivity contribution in [2.75, 3.05) is 12.4 Å². The molecule has 0 N–H and O–H groups in total. The van der Waals surface area contributed by atoms with Gasteiger partial charge in [0.2, 0.25) is 0 Å². The fraction of sp³-hybridized carbons (Fsp3) is 0.154. The molecule has 2 aromatic rings. The van der Waals surface area contributed by atoms with Crippen LogP contribution in [-0.2, 0) is 0 Å². The van der Waals surface area contributed by atoms with Gasteiger partial charge in [0.05, 0.1) is 11.7 Å². The van der Waals surface area contributed by atoms with Crippen LogP contribution >= 0.6 is 12.6 Å². The molecule has 0 saturated heterocycles. The number of benzene rings is 1. The van der Waals surface area contributed by atoms with E-state index in [0.29, 0.717) is 12.4 Å². The third kappa shape index (κ3) is 2.55. The molecule has 0 amide bonds. The maximum absolute atomic E-state index is 5.56. The minimum atomic E-state index is 0.490. The molecule has 0 unspecified atom stereocenters. The number of fused-ring (bicyclic) bond motifs is 1. The average molecular weight is 231 g/mol. The molecule has 3 heteroatoms. The molecule has 0 aliphatic heterocycles. The van der Waals surface area contributed by atoms with E-state index in [1.54, 1.807) is 6.20 Å². The lowest BCUT2D eigenvalue weighted by atomic mass is 10.2. The zero-order chi connectivity index (χ0) is 11.4. The number of hydrogen-bond acceptors (Lipinski definition) is 3. The normalized spacial score (nSPS) is 10.3. The number of thiol groups is 1. The molecule has 1 heterocycles. The second kappa shape index (κ2) is 5.03. The first-order chi connectivity index (χ1) is 7.79. The molecule has 0 radical (unpaired) electrons. The molecule has 1 aromatic carbocycles. The third-order valence-corrected chi connectivity index (χ3v) is 2.68. The van der Waals surface area contributed by atoms with E-state index in [4.69, 9.17) is 4.74 Å². The quantitative estimate of drug-likeness (QED) is 0.645. The summed E-state index contributed by atoms with van der Waals surface area (Å²) in [7, 11) is 0. The Labute approximate surface area is 100 Å². The van der Waals surface area contributed by atoms with E-state index >= 15 is 0 Å². The maximum atomic E-state index is 5.56. The van der Waals surface area contributed by atoms with Crippen LogP contribution in [0.25, 0.3) is 10.9 Å². The Kier molecular flexibility index (Phi) is 3.47. The molecule has 82 valence electrons. The van der Waals surface area contributed by atoms with Gasteiger partial charge in [-0.15, -0.1) is 0 Å². The number of para-hydroxylation sites is 1. The maximum Gasteiger partial charge on any atom is 0.138 e. The molecule has 2 nitrogen and oxygen atoms in total. The fourth-order valence-corrected chi connectivity index (χ4v) is 1.45. The zero-order valence-corrected chi connectivity index (χ0v) is 9.78. The molecule has 0 fully saturated rings. The summed E-state index contributed by atoms with van der Waals surface area (Å²) in [5.74, 6) is 1.41. The van der Waals surface area contributed by atoms with Crippen molar-refractivity contribution in [3.8, 4) is 5.75 Å². The molecule has 0 bridgehead atoms. The fourth-order valence-electron chi connectivity index (χ4n) is 1.36. The van der Waals surface area contributed by atoms with Crippen LogP contribution in [0, 0.1) is 0 Å². The first-order valence-electron chi connectivity index (χ1n) is 5.04. The van der Waals surface area contributed by atoms with Gasteiger partial charge in [0.25, 0.3) is 0 Å². The minimum absolute atomic E-state index is 0.490. The van der Waals surface area contributed by atoms with Gasteiger partial charge >= 0.3 is 0 Å². The Morgan fingerprint density at radius 3 is 3.00 bits per heavy atom. The summed E-state index contributed by atoms with van der Waals surface area (Å²) < 4.78 is 5.56. The first kappa shape index (κ1) is 11.0. The van der Waals surface area contributed by atoms with Crippen molar-refractivity contribution in [1.29, 1.82) is 0 Å². The van der Waals surface area contributed by atoms with Crippen LogP contribution in [0.4, 0.5) is 0 Å². The second-order valence-corrected chi connectivity index (χ2v) is 3.88. The third-order valence-electron chi connectivity index (χ3n) is 2.23. The van der Waals surface area contributed by atoms with Crippen LogP contribution < -0.4 is 4.74 Å². The summed E-state index contributed by atoms with van der Waals surface area (Å²) >= 11 is 4.13. The minimum Gasteiger partial charge on any atom is -0.488 e. The highest BCUT2D eigenvalue weighted by Gasteiger charge is 1.98. The monoisotopic (exact) mass is 231 g/mol.